The SMILES string of the molecule is COc1ccc(N2CC[NH+](CCCNC(=S)NCc3ccccc3)CC2)cc1. The van der Waals surface area contributed by atoms with Crippen LogP contribution in [0.15, 0.2) is 54.6 Å². The molecule has 6 heteroatoms. The van der Waals surface area contributed by atoms with Gasteiger partial charge in [0.1, 0.15) is 5.75 Å². The molecule has 2 aromatic carbocycles. The van der Waals surface area contributed by atoms with Crippen molar-refractivity contribution >= 4 is 23.0 Å². The number of thiocarbonyl (C=S) groups is 1. The van der Waals surface area contributed by atoms with Crippen LogP contribution in [0.1, 0.15) is 12.0 Å². The molecule has 1 fully saturated rings. The van der Waals surface area contributed by atoms with Gasteiger partial charge in [0.25, 0.3) is 0 Å². The van der Waals surface area contributed by atoms with Gasteiger partial charge in [-0.05, 0) is 42.0 Å². The quantitative estimate of drug-likeness (QED) is 0.463. The Morgan fingerprint density at radius 1 is 1.04 bits per heavy atom. The number of benzene rings is 2. The lowest BCUT2D eigenvalue weighted by Crippen LogP contribution is -3.15. The summed E-state index contributed by atoms with van der Waals surface area (Å²) >= 11 is 5.37. The Bertz CT molecular complexity index is 715. The van der Waals surface area contributed by atoms with E-state index in [9.17, 15) is 0 Å². The molecule has 3 N–H and O–H groups in total. The van der Waals surface area contributed by atoms with Crippen molar-refractivity contribution in [2.24, 2.45) is 0 Å². The predicted molar refractivity (Wildman–Crippen MR) is 119 cm³/mol. The van der Waals surface area contributed by atoms with Gasteiger partial charge in [0.2, 0.25) is 0 Å². The third kappa shape index (κ3) is 6.39. The molecular weight excluding hydrogens is 368 g/mol. The van der Waals surface area contributed by atoms with Gasteiger partial charge in [-0.1, -0.05) is 30.3 Å². The summed E-state index contributed by atoms with van der Waals surface area (Å²) in [7, 11) is 1.71. The van der Waals surface area contributed by atoms with Crippen molar-refractivity contribution in [2.45, 2.75) is 13.0 Å². The second-order valence-electron chi connectivity index (χ2n) is 7.13. The minimum absolute atomic E-state index is 0.739. The number of nitrogens with one attached hydrogen (secondary N) is 3. The van der Waals surface area contributed by atoms with Gasteiger partial charge in [0.15, 0.2) is 5.11 Å². The molecule has 150 valence electrons. The molecule has 0 bridgehead atoms. The van der Waals surface area contributed by atoms with Crippen LogP contribution in [0, 0.1) is 0 Å². The molecule has 0 unspecified atom stereocenters. The molecule has 2 aromatic rings. The van der Waals surface area contributed by atoms with Crippen LogP contribution in [0.5, 0.6) is 5.75 Å². The molecule has 1 saturated heterocycles. The number of methoxy groups -OCH3 is 1. The first-order valence-corrected chi connectivity index (χ1v) is 10.4. The molecule has 1 aliphatic heterocycles. The zero-order valence-electron chi connectivity index (χ0n) is 16.6. The molecule has 0 aliphatic carbocycles. The van der Waals surface area contributed by atoms with Crippen molar-refractivity contribution in [2.75, 3.05) is 51.3 Å². The Hall–Kier alpha value is -2.31. The lowest BCUT2D eigenvalue weighted by atomic mass is 10.2. The fourth-order valence-electron chi connectivity index (χ4n) is 3.51. The molecule has 0 amide bonds. The first-order chi connectivity index (χ1) is 13.7. The Kier molecular flexibility index (Phi) is 7.94. The van der Waals surface area contributed by atoms with Crippen molar-refractivity contribution in [1.82, 2.24) is 10.6 Å². The maximum absolute atomic E-state index is 5.37. The van der Waals surface area contributed by atoms with Crippen LogP contribution in [-0.2, 0) is 6.54 Å². The summed E-state index contributed by atoms with van der Waals surface area (Å²) in [6.07, 6.45) is 1.13. The van der Waals surface area contributed by atoms with Gasteiger partial charge in [-0.2, -0.15) is 0 Å². The second-order valence-corrected chi connectivity index (χ2v) is 7.54. The standard InChI is InChI=1S/C22H30N4OS/c1-27-21-10-8-20(9-11-21)26-16-14-25(15-17-26)13-5-12-23-22(28)24-18-19-6-3-2-4-7-19/h2-4,6-11H,5,12-18H2,1H3,(H2,23,24,28)/p+1. The number of ether oxygens (including phenoxy) is 1. The van der Waals surface area contributed by atoms with Crippen molar-refractivity contribution in [3.8, 4) is 5.75 Å². The predicted octanol–water partition coefficient (Wildman–Crippen LogP) is 1.45. The van der Waals surface area contributed by atoms with E-state index >= 15 is 0 Å². The van der Waals surface area contributed by atoms with E-state index < -0.39 is 0 Å². The summed E-state index contributed by atoms with van der Waals surface area (Å²) < 4.78 is 5.24. The number of anilines is 1. The number of hydrogen-bond acceptors (Lipinski definition) is 3. The van der Waals surface area contributed by atoms with Crippen LogP contribution >= 0.6 is 12.2 Å². The van der Waals surface area contributed by atoms with Crippen molar-refractivity contribution in [3.63, 3.8) is 0 Å². The van der Waals surface area contributed by atoms with Crippen molar-refractivity contribution in [1.29, 1.82) is 0 Å². The highest BCUT2D eigenvalue weighted by atomic mass is 32.1. The molecule has 28 heavy (non-hydrogen) atoms. The topological polar surface area (TPSA) is 41.0 Å². The van der Waals surface area contributed by atoms with Gasteiger partial charge >= 0.3 is 0 Å². The number of hydrogen-bond donors (Lipinski definition) is 3. The third-order valence-electron chi connectivity index (χ3n) is 5.20. The zero-order chi connectivity index (χ0) is 19.6. The second kappa shape index (κ2) is 10.9. The van der Waals surface area contributed by atoms with E-state index in [-0.39, 0.29) is 0 Å². The van der Waals surface area contributed by atoms with Gasteiger partial charge in [-0.3, -0.25) is 0 Å². The van der Waals surface area contributed by atoms with Crippen LogP contribution in [-0.4, -0.2) is 51.5 Å². The molecule has 0 atom stereocenters. The van der Waals surface area contributed by atoms with Gasteiger partial charge in [-0.15, -0.1) is 0 Å². The third-order valence-corrected chi connectivity index (χ3v) is 5.49. The van der Waals surface area contributed by atoms with E-state index in [1.54, 1.807) is 12.0 Å². The highest BCUT2D eigenvalue weighted by Gasteiger charge is 2.19. The lowest BCUT2D eigenvalue weighted by molar-refractivity contribution is -0.900. The fourth-order valence-corrected chi connectivity index (χ4v) is 3.68. The summed E-state index contributed by atoms with van der Waals surface area (Å²) in [6, 6.07) is 18.7. The molecule has 3 rings (SSSR count). The van der Waals surface area contributed by atoms with Gasteiger partial charge in [-0.25, -0.2) is 0 Å². The van der Waals surface area contributed by atoms with E-state index in [1.165, 1.54) is 30.9 Å². The monoisotopic (exact) mass is 399 g/mol. The number of nitrogens with zero attached hydrogens (tertiary/aromatic N) is 1. The molecular formula is C22H31N4OS+. The molecule has 0 radical (unpaired) electrons. The van der Waals surface area contributed by atoms with E-state index in [1.807, 2.05) is 30.3 Å². The van der Waals surface area contributed by atoms with Crippen LogP contribution in [0.3, 0.4) is 0 Å². The summed E-state index contributed by atoms with van der Waals surface area (Å²) in [5.74, 6) is 0.914. The maximum Gasteiger partial charge on any atom is 0.166 e. The number of quaternary nitrogens is 1. The average Bonchev–Trinajstić information content (AvgIpc) is 2.76. The zero-order valence-corrected chi connectivity index (χ0v) is 17.4. The Balaban J connectivity index is 1.27. The highest BCUT2D eigenvalue weighted by Crippen LogP contribution is 2.18. The molecule has 5 nitrogen and oxygen atoms in total. The van der Waals surface area contributed by atoms with E-state index in [2.05, 4.69) is 39.8 Å². The summed E-state index contributed by atoms with van der Waals surface area (Å²) in [6.45, 7) is 7.45. The molecule has 1 heterocycles. The number of piperazine rings is 1. The summed E-state index contributed by atoms with van der Waals surface area (Å²) in [4.78, 5) is 4.14. The Morgan fingerprint density at radius 3 is 2.43 bits per heavy atom. The van der Waals surface area contributed by atoms with Crippen LogP contribution in [0.25, 0.3) is 0 Å². The van der Waals surface area contributed by atoms with E-state index in [0.717, 1.165) is 43.5 Å². The summed E-state index contributed by atoms with van der Waals surface area (Å²) in [5.41, 5.74) is 2.53. The van der Waals surface area contributed by atoms with Crippen LogP contribution in [0.2, 0.25) is 0 Å². The molecule has 0 aromatic heterocycles. The Labute approximate surface area is 173 Å². The lowest BCUT2D eigenvalue weighted by Gasteiger charge is -2.33. The van der Waals surface area contributed by atoms with Crippen LogP contribution < -0.4 is 25.2 Å². The first kappa shape index (κ1) is 20.4. The molecule has 0 saturated carbocycles. The van der Waals surface area contributed by atoms with Gasteiger partial charge in [0, 0.05) is 25.2 Å². The van der Waals surface area contributed by atoms with Crippen molar-refractivity contribution in [3.05, 3.63) is 60.2 Å². The number of rotatable bonds is 8. The van der Waals surface area contributed by atoms with Gasteiger partial charge < -0.3 is 25.2 Å². The largest absolute Gasteiger partial charge is 0.497 e. The van der Waals surface area contributed by atoms with E-state index in [4.69, 9.17) is 17.0 Å². The fraction of sp³-hybridized carbons (Fsp3) is 0.409. The van der Waals surface area contributed by atoms with E-state index in [0.29, 0.717) is 0 Å². The normalized spacial score (nSPS) is 14.5. The average molecular weight is 400 g/mol. The van der Waals surface area contributed by atoms with Crippen molar-refractivity contribution < 1.29 is 9.64 Å². The highest BCUT2D eigenvalue weighted by molar-refractivity contribution is 7.80. The minimum Gasteiger partial charge on any atom is -0.497 e. The minimum atomic E-state index is 0.739. The smallest absolute Gasteiger partial charge is 0.166 e. The molecule has 1 aliphatic rings. The summed E-state index contributed by atoms with van der Waals surface area (Å²) in [5, 5.41) is 7.33. The Morgan fingerprint density at radius 2 is 1.75 bits per heavy atom. The first-order valence-electron chi connectivity index (χ1n) is 10.0. The van der Waals surface area contributed by atoms with Crippen LogP contribution in [0.4, 0.5) is 5.69 Å². The van der Waals surface area contributed by atoms with Gasteiger partial charge in [0.05, 0.1) is 39.8 Å². The maximum atomic E-state index is 5.37. The molecule has 0 spiro atoms.